The van der Waals surface area contributed by atoms with E-state index in [4.69, 9.17) is 5.26 Å². The molecule has 0 N–H and O–H groups in total. The second-order valence-electron chi connectivity index (χ2n) is 4.43. The van der Waals surface area contributed by atoms with Crippen molar-refractivity contribution in [1.82, 2.24) is 4.90 Å². The summed E-state index contributed by atoms with van der Waals surface area (Å²) >= 11 is 3.15. The van der Waals surface area contributed by atoms with Gasteiger partial charge < -0.3 is 4.90 Å². The molecule has 0 aromatic heterocycles. The molecule has 2 aromatic rings. The van der Waals surface area contributed by atoms with Gasteiger partial charge >= 0.3 is 0 Å². The van der Waals surface area contributed by atoms with Crippen LogP contribution in [0.2, 0.25) is 0 Å². The van der Waals surface area contributed by atoms with E-state index >= 15 is 0 Å². The van der Waals surface area contributed by atoms with Crippen molar-refractivity contribution in [2.24, 2.45) is 0 Å². The molecule has 0 aliphatic rings. The number of hydrogen-bond donors (Lipinski definition) is 0. The van der Waals surface area contributed by atoms with Crippen LogP contribution in [-0.2, 0) is 6.54 Å². The molecule has 0 spiro atoms. The Bertz CT molecular complexity index is 682. The molecule has 0 bridgehead atoms. The zero-order valence-corrected chi connectivity index (χ0v) is 12.7. The van der Waals surface area contributed by atoms with Crippen molar-refractivity contribution in [3.05, 3.63) is 69.9 Å². The van der Waals surface area contributed by atoms with E-state index in [9.17, 15) is 9.18 Å². The van der Waals surface area contributed by atoms with Gasteiger partial charge in [0.1, 0.15) is 12.4 Å². The van der Waals surface area contributed by atoms with Crippen LogP contribution in [0.3, 0.4) is 0 Å². The van der Waals surface area contributed by atoms with Crippen LogP contribution >= 0.6 is 15.9 Å². The van der Waals surface area contributed by atoms with Crippen molar-refractivity contribution >= 4 is 21.8 Å². The molecule has 2 aromatic carbocycles. The molecule has 3 nitrogen and oxygen atoms in total. The Morgan fingerprint density at radius 1 is 1.24 bits per heavy atom. The van der Waals surface area contributed by atoms with Gasteiger partial charge in [0, 0.05) is 11.0 Å². The van der Waals surface area contributed by atoms with E-state index in [1.807, 2.05) is 36.4 Å². The van der Waals surface area contributed by atoms with E-state index in [1.165, 1.54) is 17.0 Å². The predicted molar refractivity (Wildman–Crippen MR) is 80.9 cm³/mol. The SMILES string of the molecule is N#CCN(Cc1ccccc1)C(=O)c1ccc(Br)cc1F. The molecule has 0 saturated carbocycles. The number of amides is 1. The van der Waals surface area contributed by atoms with Gasteiger partial charge in [-0.15, -0.1) is 0 Å². The largest absolute Gasteiger partial charge is 0.321 e. The molecule has 106 valence electrons. The number of carbonyl (C=O) groups is 1. The summed E-state index contributed by atoms with van der Waals surface area (Å²) in [4.78, 5) is 13.7. The zero-order valence-electron chi connectivity index (χ0n) is 11.1. The van der Waals surface area contributed by atoms with Crippen LogP contribution in [0.5, 0.6) is 0 Å². The third kappa shape index (κ3) is 3.89. The van der Waals surface area contributed by atoms with Crippen LogP contribution in [0.1, 0.15) is 15.9 Å². The molecule has 0 heterocycles. The van der Waals surface area contributed by atoms with Crippen molar-refractivity contribution < 1.29 is 9.18 Å². The van der Waals surface area contributed by atoms with Crippen molar-refractivity contribution in [1.29, 1.82) is 5.26 Å². The summed E-state index contributed by atoms with van der Waals surface area (Å²) in [6.07, 6.45) is 0. The highest BCUT2D eigenvalue weighted by atomic mass is 79.9. The number of nitrogens with zero attached hydrogens (tertiary/aromatic N) is 2. The first-order chi connectivity index (χ1) is 10.1. The van der Waals surface area contributed by atoms with E-state index in [2.05, 4.69) is 15.9 Å². The minimum Gasteiger partial charge on any atom is -0.321 e. The topological polar surface area (TPSA) is 44.1 Å². The Kier molecular flexibility index (Phi) is 5.07. The standard InChI is InChI=1S/C16H12BrFN2O/c17-13-6-7-14(15(18)10-13)16(21)20(9-8-19)11-12-4-2-1-3-5-12/h1-7,10H,9,11H2. The summed E-state index contributed by atoms with van der Waals surface area (Å²) in [5.41, 5.74) is 0.850. The van der Waals surface area contributed by atoms with Crippen molar-refractivity contribution in [2.75, 3.05) is 6.54 Å². The Morgan fingerprint density at radius 3 is 2.57 bits per heavy atom. The van der Waals surface area contributed by atoms with Crippen molar-refractivity contribution in [3.8, 4) is 6.07 Å². The van der Waals surface area contributed by atoms with Crippen LogP contribution in [0, 0.1) is 17.1 Å². The molecule has 0 aliphatic heterocycles. The molecule has 0 radical (unpaired) electrons. The molecule has 2 rings (SSSR count). The molecule has 0 atom stereocenters. The lowest BCUT2D eigenvalue weighted by Crippen LogP contribution is -2.31. The lowest BCUT2D eigenvalue weighted by Gasteiger charge is -2.20. The maximum Gasteiger partial charge on any atom is 0.257 e. The van der Waals surface area contributed by atoms with E-state index in [0.29, 0.717) is 4.47 Å². The highest BCUT2D eigenvalue weighted by Crippen LogP contribution is 2.18. The Hall–Kier alpha value is -2.19. The molecule has 5 heteroatoms. The van der Waals surface area contributed by atoms with E-state index < -0.39 is 11.7 Å². The van der Waals surface area contributed by atoms with Gasteiger partial charge in [-0.1, -0.05) is 46.3 Å². The minimum atomic E-state index is -0.606. The van der Waals surface area contributed by atoms with Crippen LogP contribution in [-0.4, -0.2) is 17.4 Å². The summed E-state index contributed by atoms with van der Waals surface area (Å²) in [7, 11) is 0. The number of nitriles is 1. The highest BCUT2D eigenvalue weighted by Gasteiger charge is 2.19. The Morgan fingerprint density at radius 2 is 1.95 bits per heavy atom. The minimum absolute atomic E-state index is 0.0376. The lowest BCUT2D eigenvalue weighted by molar-refractivity contribution is 0.0760. The first-order valence-electron chi connectivity index (χ1n) is 6.27. The molecular weight excluding hydrogens is 335 g/mol. The monoisotopic (exact) mass is 346 g/mol. The lowest BCUT2D eigenvalue weighted by atomic mass is 10.1. The quantitative estimate of drug-likeness (QED) is 0.791. The second-order valence-corrected chi connectivity index (χ2v) is 5.34. The first-order valence-corrected chi connectivity index (χ1v) is 7.06. The molecule has 0 fully saturated rings. The zero-order chi connectivity index (χ0) is 15.2. The molecule has 0 saturated heterocycles. The van der Waals surface area contributed by atoms with Gasteiger partial charge in [0.2, 0.25) is 0 Å². The number of rotatable bonds is 4. The molecular formula is C16H12BrFN2O. The average Bonchev–Trinajstić information content (AvgIpc) is 2.47. The normalized spacial score (nSPS) is 9.95. The summed E-state index contributed by atoms with van der Waals surface area (Å²) in [5.74, 6) is -1.10. The first kappa shape index (κ1) is 15.2. The summed E-state index contributed by atoms with van der Waals surface area (Å²) < 4.78 is 14.4. The van der Waals surface area contributed by atoms with Gasteiger partial charge in [0.05, 0.1) is 11.6 Å². The van der Waals surface area contributed by atoms with Crippen LogP contribution < -0.4 is 0 Å². The molecule has 0 aliphatic carbocycles. The maximum atomic E-state index is 13.9. The predicted octanol–water partition coefficient (Wildman–Crippen LogP) is 3.75. The van der Waals surface area contributed by atoms with E-state index in [1.54, 1.807) is 6.07 Å². The average molecular weight is 347 g/mol. The highest BCUT2D eigenvalue weighted by molar-refractivity contribution is 9.10. The number of halogens is 2. The fourth-order valence-corrected chi connectivity index (χ4v) is 2.26. The molecule has 21 heavy (non-hydrogen) atoms. The van der Waals surface area contributed by atoms with Crippen LogP contribution in [0.15, 0.2) is 53.0 Å². The van der Waals surface area contributed by atoms with Crippen LogP contribution in [0.4, 0.5) is 4.39 Å². The number of carbonyl (C=O) groups excluding carboxylic acids is 1. The van der Waals surface area contributed by atoms with Crippen molar-refractivity contribution in [2.45, 2.75) is 6.54 Å². The van der Waals surface area contributed by atoms with Gasteiger partial charge in [0.25, 0.3) is 5.91 Å². The van der Waals surface area contributed by atoms with Gasteiger partial charge in [0.15, 0.2) is 0 Å². The third-order valence-corrected chi connectivity index (χ3v) is 3.42. The number of benzene rings is 2. The van der Waals surface area contributed by atoms with E-state index in [0.717, 1.165) is 5.56 Å². The van der Waals surface area contributed by atoms with Crippen molar-refractivity contribution in [3.63, 3.8) is 0 Å². The van der Waals surface area contributed by atoms with Gasteiger partial charge in [-0.2, -0.15) is 5.26 Å². The fourth-order valence-electron chi connectivity index (χ4n) is 1.92. The van der Waals surface area contributed by atoms with Gasteiger partial charge in [-0.3, -0.25) is 4.79 Å². The van der Waals surface area contributed by atoms with Gasteiger partial charge in [-0.25, -0.2) is 4.39 Å². The summed E-state index contributed by atoms with van der Waals surface area (Å²) in [6, 6.07) is 15.5. The molecule has 0 unspecified atom stereocenters. The van der Waals surface area contributed by atoms with Gasteiger partial charge in [-0.05, 0) is 23.8 Å². The Balaban J connectivity index is 2.25. The van der Waals surface area contributed by atoms with E-state index in [-0.39, 0.29) is 18.7 Å². The Labute approximate surface area is 130 Å². The summed E-state index contributed by atoms with van der Waals surface area (Å²) in [5, 5.41) is 8.88. The second kappa shape index (κ2) is 7.00. The van der Waals surface area contributed by atoms with Crippen LogP contribution in [0.25, 0.3) is 0 Å². The maximum absolute atomic E-state index is 13.9. The fraction of sp³-hybridized carbons (Fsp3) is 0.125. The summed E-state index contributed by atoms with van der Waals surface area (Å²) in [6.45, 7) is 0.173. The third-order valence-electron chi connectivity index (χ3n) is 2.93. The molecule has 1 amide bonds. The number of hydrogen-bond acceptors (Lipinski definition) is 2. The smallest absolute Gasteiger partial charge is 0.257 e.